The molecule has 0 bridgehead atoms. The van der Waals surface area contributed by atoms with Gasteiger partial charge in [0, 0.05) is 44.1 Å². The van der Waals surface area contributed by atoms with Gasteiger partial charge >= 0.3 is 0 Å². The standard InChI is InChI=1S/C15H22ClN3O4S/c1-11-9-13(19(20)21)10-14(16)15(11)17-12-3-5-18(6-4-12)7-8-24(2,22)23/h9-10,12,17H,3-8H2,1-2H3. The Kier molecular flexibility index (Phi) is 6.06. The molecule has 1 N–H and O–H groups in total. The zero-order valence-electron chi connectivity index (χ0n) is 13.8. The summed E-state index contributed by atoms with van der Waals surface area (Å²) in [5.41, 5.74) is 1.46. The molecule has 1 aromatic carbocycles. The van der Waals surface area contributed by atoms with Gasteiger partial charge in [-0.1, -0.05) is 11.6 Å². The summed E-state index contributed by atoms with van der Waals surface area (Å²) in [6.07, 6.45) is 2.99. The third kappa shape index (κ3) is 5.32. The zero-order valence-corrected chi connectivity index (χ0v) is 15.4. The topological polar surface area (TPSA) is 92.6 Å². The van der Waals surface area contributed by atoms with Crippen molar-refractivity contribution >= 4 is 32.8 Å². The summed E-state index contributed by atoms with van der Waals surface area (Å²) in [6.45, 7) is 3.99. The van der Waals surface area contributed by atoms with Gasteiger partial charge < -0.3 is 10.2 Å². The van der Waals surface area contributed by atoms with E-state index in [0.717, 1.165) is 37.2 Å². The molecule has 1 aromatic rings. The second-order valence-corrected chi connectivity index (χ2v) is 8.93. The summed E-state index contributed by atoms with van der Waals surface area (Å²) < 4.78 is 22.5. The second kappa shape index (κ2) is 7.67. The summed E-state index contributed by atoms with van der Waals surface area (Å²) in [5, 5.41) is 14.6. The van der Waals surface area contributed by atoms with Crippen LogP contribution in [0.1, 0.15) is 18.4 Å². The first kappa shape index (κ1) is 19.0. The van der Waals surface area contributed by atoms with Crippen LogP contribution in [0, 0.1) is 17.0 Å². The molecule has 0 spiro atoms. The molecule has 1 aliphatic heterocycles. The number of nitrogens with zero attached hydrogens (tertiary/aromatic N) is 2. The van der Waals surface area contributed by atoms with E-state index in [-0.39, 0.29) is 17.5 Å². The van der Waals surface area contributed by atoms with E-state index in [1.807, 2.05) is 0 Å². The van der Waals surface area contributed by atoms with Gasteiger partial charge in [-0.05, 0) is 25.3 Å². The highest BCUT2D eigenvalue weighted by Gasteiger charge is 2.22. The normalized spacial score (nSPS) is 17.0. The Hall–Kier alpha value is -1.38. The third-order valence-corrected chi connectivity index (χ3v) is 5.42. The fraction of sp³-hybridized carbons (Fsp3) is 0.600. The summed E-state index contributed by atoms with van der Waals surface area (Å²) >= 11 is 6.18. The van der Waals surface area contributed by atoms with Crippen molar-refractivity contribution in [3.8, 4) is 0 Å². The van der Waals surface area contributed by atoms with Crippen LogP contribution in [-0.2, 0) is 9.84 Å². The number of hydrogen-bond donors (Lipinski definition) is 1. The van der Waals surface area contributed by atoms with Crippen molar-refractivity contribution in [1.29, 1.82) is 0 Å². The number of sulfone groups is 1. The van der Waals surface area contributed by atoms with Crippen LogP contribution in [-0.4, -0.2) is 55.9 Å². The number of piperidine rings is 1. The van der Waals surface area contributed by atoms with Crippen LogP contribution < -0.4 is 5.32 Å². The Morgan fingerprint density at radius 1 is 1.38 bits per heavy atom. The predicted octanol–water partition coefficient (Wildman–Crippen LogP) is 2.48. The van der Waals surface area contributed by atoms with Gasteiger partial charge in [0.05, 0.1) is 21.4 Å². The van der Waals surface area contributed by atoms with Crippen molar-refractivity contribution in [1.82, 2.24) is 4.90 Å². The molecule has 0 unspecified atom stereocenters. The quantitative estimate of drug-likeness (QED) is 0.606. The maximum absolute atomic E-state index is 11.2. The van der Waals surface area contributed by atoms with Gasteiger partial charge in [-0.2, -0.15) is 0 Å². The smallest absolute Gasteiger partial charge is 0.271 e. The van der Waals surface area contributed by atoms with E-state index < -0.39 is 14.8 Å². The van der Waals surface area contributed by atoms with Crippen molar-refractivity contribution in [2.45, 2.75) is 25.8 Å². The minimum Gasteiger partial charge on any atom is -0.381 e. The minimum atomic E-state index is -2.94. The summed E-state index contributed by atoms with van der Waals surface area (Å²) in [5.74, 6) is 0.179. The van der Waals surface area contributed by atoms with Gasteiger partial charge in [0.2, 0.25) is 0 Å². The number of benzene rings is 1. The Morgan fingerprint density at radius 2 is 2.00 bits per heavy atom. The van der Waals surface area contributed by atoms with Crippen LogP contribution in [0.4, 0.5) is 11.4 Å². The molecule has 1 saturated heterocycles. The fourth-order valence-corrected chi connectivity index (χ4v) is 3.72. The number of rotatable bonds is 6. The number of nitro groups is 1. The van der Waals surface area contributed by atoms with Crippen molar-refractivity contribution in [3.63, 3.8) is 0 Å². The molecule has 0 aliphatic carbocycles. The Bertz CT molecular complexity index is 692. The fourth-order valence-electron chi connectivity index (χ4n) is 2.81. The highest BCUT2D eigenvalue weighted by molar-refractivity contribution is 7.90. The Labute approximate surface area is 147 Å². The van der Waals surface area contributed by atoms with Gasteiger partial charge in [-0.15, -0.1) is 0 Å². The molecule has 0 atom stereocenters. The highest BCUT2D eigenvalue weighted by Crippen LogP contribution is 2.32. The largest absolute Gasteiger partial charge is 0.381 e. The molecule has 7 nitrogen and oxygen atoms in total. The van der Waals surface area contributed by atoms with Crippen molar-refractivity contribution in [2.75, 3.05) is 37.0 Å². The van der Waals surface area contributed by atoms with Gasteiger partial charge in [-0.3, -0.25) is 10.1 Å². The monoisotopic (exact) mass is 375 g/mol. The predicted molar refractivity (Wildman–Crippen MR) is 95.6 cm³/mol. The molecule has 0 radical (unpaired) electrons. The number of anilines is 1. The molecule has 0 amide bonds. The van der Waals surface area contributed by atoms with Gasteiger partial charge in [0.15, 0.2) is 0 Å². The lowest BCUT2D eigenvalue weighted by Gasteiger charge is -2.33. The van der Waals surface area contributed by atoms with Crippen molar-refractivity contribution in [2.24, 2.45) is 0 Å². The molecule has 0 saturated carbocycles. The average molecular weight is 376 g/mol. The first-order valence-electron chi connectivity index (χ1n) is 7.77. The number of likely N-dealkylation sites (tertiary alicyclic amines) is 1. The summed E-state index contributed by atoms with van der Waals surface area (Å²) in [7, 11) is -2.94. The summed E-state index contributed by atoms with van der Waals surface area (Å²) in [6, 6.07) is 3.09. The molecule has 1 heterocycles. The van der Waals surface area contributed by atoms with Gasteiger partial charge in [0.1, 0.15) is 9.84 Å². The molecule has 1 fully saturated rings. The maximum Gasteiger partial charge on any atom is 0.271 e. The molecule has 0 aromatic heterocycles. The van der Waals surface area contributed by atoms with E-state index in [1.165, 1.54) is 18.4 Å². The minimum absolute atomic E-state index is 0.0151. The lowest BCUT2D eigenvalue weighted by atomic mass is 10.0. The lowest BCUT2D eigenvalue weighted by Crippen LogP contribution is -2.41. The van der Waals surface area contributed by atoms with Crippen molar-refractivity contribution < 1.29 is 13.3 Å². The lowest BCUT2D eigenvalue weighted by molar-refractivity contribution is -0.384. The summed E-state index contributed by atoms with van der Waals surface area (Å²) in [4.78, 5) is 12.5. The number of aryl methyl sites for hydroxylation is 1. The average Bonchev–Trinajstić information content (AvgIpc) is 2.49. The van der Waals surface area contributed by atoms with Crippen LogP contribution in [0.15, 0.2) is 12.1 Å². The Morgan fingerprint density at radius 3 is 2.50 bits per heavy atom. The molecule has 2 rings (SSSR count). The van der Waals surface area contributed by atoms with E-state index in [0.29, 0.717) is 11.6 Å². The van der Waals surface area contributed by atoms with E-state index in [9.17, 15) is 18.5 Å². The molecule has 24 heavy (non-hydrogen) atoms. The van der Waals surface area contributed by atoms with Crippen LogP contribution in [0.3, 0.4) is 0 Å². The molecular weight excluding hydrogens is 354 g/mol. The van der Waals surface area contributed by atoms with Gasteiger partial charge in [-0.25, -0.2) is 8.42 Å². The maximum atomic E-state index is 11.2. The Balaban J connectivity index is 1.93. The SMILES string of the molecule is Cc1cc([N+](=O)[O-])cc(Cl)c1NC1CCN(CCS(C)(=O)=O)CC1. The number of halogens is 1. The second-order valence-electron chi connectivity index (χ2n) is 6.27. The number of non-ortho nitro benzene ring substituents is 1. The van der Waals surface area contributed by atoms with Crippen LogP contribution >= 0.6 is 11.6 Å². The number of nitrogens with one attached hydrogen (secondary N) is 1. The van der Waals surface area contributed by atoms with E-state index in [2.05, 4.69) is 10.2 Å². The van der Waals surface area contributed by atoms with Crippen LogP contribution in [0.25, 0.3) is 0 Å². The van der Waals surface area contributed by atoms with Gasteiger partial charge in [0.25, 0.3) is 5.69 Å². The number of nitro benzene ring substituents is 1. The zero-order chi connectivity index (χ0) is 17.9. The highest BCUT2D eigenvalue weighted by atomic mass is 35.5. The van der Waals surface area contributed by atoms with E-state index in [4.69, 9.17) is 11.6 Å². The molecule has 134 valence electrons. The number of hydrogen-bond acceptors (Lipinski definition) is 6. The van der Waals surface area contributed by atoms with E-state index in [1.54, 1.807) is 6.92 Å². The van der Waals surface area contributed by atoms with Crippen LogP contribution in [0.5, 0.6) is 0 Å². The van der Waals surface area contributed by atoms with E-state index >= 15 is 0 Å². The molecule has 9 heteroatoms. The molecular formula is C15H22ClN3O4S. The van der Waals surface area contributed by atoms with Crippen molar-refractivity contribution in [3.05, 3.63) is 32.8 Å². The third-order valence-electron chi connectivity index (χ3n) is 4.20. The first-order chi connectivity index (χ1) is 11.2. The molecule has 1 aliphatic rings. The van der Waals surface area contributed by atoms with Crippen LogP contribution in [0.2, 0.25) is 5.02 Å². The first-order valence-corrected chi connectivity index (χ1v) is 10.2.